The fourth-order valence-corrected chi connectivity index (χ4v) is 2.19. The summed E-state index contributed by atoms with van der Waals surface area (Å²) in [5, 5.41) is 4.31. The van der Waals surface area contributed by atoms with E-state index in [2.05, 4.69) is 5.32 Å². The number of benzene rings is 2. The lowest BCUT2D eigenvalue weighted by molar-refractivity contribution is 0.387. The average molecular weight is 300 g/mol. The second kappa shape index (κ2) is 6.13. The Morgan fingerprint density at radius 2 is 1.84 bits per heavy atom. The van der Waals surface area contributed by atoms with Crippen LogP contribution in [0, 0.1) is 5.82 Å². The normalized spacial score (nSPS) is 10.3. The number of rotatable bonds is 4. The quantitative estimate of drug-likeness (QED) is 0.879. The summed E-state index contributed by atoms with van der Waals surface area (Å²) in [5.41, 5.74) is 1.53. The van der Waals surface area contributed by atoms with E-state index in [1.54, 1.807) is 30.3 Å². The van der Waals surface area contributed by atoms with E-state index < -0.39 is 5.82 Å². The van der Waals surface area contributed by atoms with Crippen LogP contribution in [-0.2, 0) is 6.54 Å². The van der Waals surface area contributed by atoms with Crippen molar-refractivity contribution in [2.75, 3.05) is 12.4 Å². The molecule has 0 saturated heterocycles. The molecule has 2 rings (SSSR count). The smallest absolute Gasteiger partial charge is 0.165 e. The molecule has 0 radical (unpaired) electrons. The Kier molecular flexibility index (Phi) is 4.51. The Balaban J connectivity index is 2.15. The Hall–Kier alpha value is -1.45. The van der Waals surface area contributed by atoms with Gasteiger partial charge in [0.2, 0.25) is 0 Å². The molecule has 0 unspecified atom stereocenters. The Morgan fingerprint density at radius 1 is 1.16 bits per heavy atom. The number of nitrogens with one attached hydrogen (secondary N) is 1. The largest absolute Gasteiger partial charge is 0.494 e. The molecule has 5 heteroatoms. The van der Waals surface area contributed by atoms with Crippen LogP contribution in [0.1, 0.15) is 5.56 Å². The minimum atomic E-state index is -0.399. The predicted octanol–water partition coefficient (Wildman–Crippen LogP) is 4.75. The van der Waals surface area contributed by atoms with Gasteiger partial charge in [-0.25, -0.2) is 4.39 Å². The fraction of sp³-hybridized carbons (Fsp3) is 0.143. The van der Waals surface area contributed by atoms with Crippen LogP contribution in [0.5, 0.6) is 5.75 Å². The zero-order valence-corrected chi connectivity index (χ0v) is 11.7. The van der Waals surface area contributed by atoms with Crippen LogP contribution in [0.25, 0.3) is 0 Å². The molecule has 19 heavy (non-hydrogen) atoms. The molecular weight excluding hydrogens is 288 g/mol. The van der Waals surface area contributed by atoms with Gasteiger partial charge in [0.15, 0.2) is 11.6 Å². The molecule has 0 amide bonds. The molecule has 2 aromatic rings. The maximum Gasteiger partial charge on any atom is 0.165 e. The highest BCUT2D eigenvalue weighted by molar-refractivity contribution is 6.36. The number of methoxy groups -OCH3 is 1. The summed E-state index contributed by atoms with van der Waals surface area (Å²) in [6.07, 6.45) is 0. The van der Waals surface area contributed by atoms with Gasteiger partial charge in [0.05, 0.1) is 7.11 Å². The van der Waals surface area contributed by atoms with Crippen molar-refractivity contribution in [1.82, 2.24) is 0 Å². The molecule has 0 fully saturated rings. The molecule has 0 spiro atoms. The molecule has 0 saturated carbocycles. The van der Waals surface area contributed by atoms with Gasteiger partial charge in [0.1, 0.15) is 0 Å². The van der Waals surface area contributed by atoms with Crippen molar-refractivity contribution in [3.8, 4) is 5.75 Å². The van der Waals surface area contributed by atoms with Crippen molar-refractivity contribution in [2.45, 2.75) is 6.54 Å². The Labute approximate surface area is 121 Å². The van der Waals surface area contributed by atoms with E-state index in [1.807, 2.05) is 0 Å². The summed E-state index contributed by atoms with van der Waals surface area (Å²) in [6.45, 7) is 0.452. The standard InChI is InChI=1S/C14H12Cl2FNO/c1-19-14-7-9(5-6-13(14)17)18-8-10-11(15)3-2-4-12(10)16/h2-7,18H,8H2,1H3. The molecule has 0 aliphatic rings. The molecule has 1 N–H and O–H groups in total. The number of ether oxygens (including phenoxy) is 1. The summed E-state index contributed by atoms with van der Waals surface area (Å²) >= 11 is 12.1. The zero-order valence-electron chi connectivity index (χ0n) is 10.2. The lowest BCUT2D eigenvalue weighted by Crippen LogP contribution is -2.01. The Bertz CT molecular complexity index is 569. The minimum Gasteiger partial charge on any atom is -0.494 e. The number of anilines is 1. The van der Waals surface area contributed by atoms with Gasteiger partial charge >= 0.3 is 0 Å². The van der Waals surface area contributed by atoms with Crippen molar-refractivity contribution in [1.29, 1.82) is 0 Å². The van der Waals surface area contributed by atoms with Gasteiger partial charge in [0, 0.05) is 33.9 Å². The molecule has 0 atom stereocenters. The zero-order chi connectivity index (χ0) is 13.8. The molecule has 2 nitrogen and oxygen atoms in total. The highest BCUT2D eigenvalue weighted by Crippen LogP contribution is 2.26. The molecule has 100 valence electrons. The van der Waals surface area contributed by atoms with E-state index in [1.165, 1.54) is 13.2 Å². The maximum atomic E-state index is 13.3. The number of hydrogen-bond donors (Lipinski definition) is 1. The van der Waals surface area contributed by atoms with Gasteiger partial charge in [-0.15, -0.1) is 0 Å². The average Bonchev–Trinajstić information content (AvgIpc) is 2.40. The van der Waals surface area contributed by atoms with Crippen molar-refractivity contribution in [2.24, 2.45) is 0 Å². The van der Waals surface area contributed by atoms with Crippen LogP contribution in [0.3, 0.4) is 0 Å². The van der Waals surface area contributed by atoms with Crippen molar-refractivity contribution < 1.29 is 9.13 Å². The molecule has 2 aromatic carbocycles. The van der Waals surface area contributed by atoms with E-state index in [-0.39, 0.29) is 5.75 Å². The van der Waals surface area contributed by atoms with Crippen molar-refractivity contribution >= 4 is 28.9 Å². The van der Waals surface area contributed by atoms with E-state index in [0.717, 1.165) is 11.3 Å². The lowest BCUT2D eigenvalue weighted by atomic mass is 10.2. The van der Waals surface area contributed by atoms with E-state index >= 15 is 0 Å². The van der Waals surface area contributed by atoms with Crippen LogP contribution in [0.15, 0.2) is 36.4 Å². The third kappa shape index (κ3) is 3.31. The number of halogens is 3. The highest BCUT2D eigenvalue weighted by atomic mass is 35.5. The fourth-order valence-electron chi connectivity index (χ4n) is 1.66. The lowest BCUT2D eigenvalue weighted by Gasteiger charge is -2.11. The predicted molar refractivity (Wildman–Crippen MR) is 76.7 cm³/mol. The van der Waals surface area contributed by atoms with Crippen molar-refractivity contribution in [3.05, 3.63) is 57.8 Å². The van der Waals surface area contributed by atoms with Gasteiger partial charge in [0.25, 0.3) is 0 Å². The molecule has 0 aromatic heterocycles. The summed E-state index contributed by atoms with van der Waals surface area (Å²) in [6, 6.07) is 9.89. The molecule has 0 aliphatic heterocycles. The van der Waals surface area contributed by atoms with Gasteiger partial charge in [-0.1, -0.05) is 29.3 Å². The van der Waals surface area contributed by atoms with Gasteiger partial charge in [-0.05, 0) is 24.3 Å². The molecule has 0 aliphatic carbocycles. The second-order valence-corrected chi connectivity index (χ2v) is 4.72. The SMILES string of the molecule is COc1cc(NCc2c(Cl)cccc2Cl)ccc1F. The van der Waals surface area contributed by atoms with Crippen LogP contribution < -0.4 is 10.1 Å². The Morgan fingerprint density at radius 3 is 2.47 bits per heavy atom. The minimum absolute atomic E-state index is 0.190. The summed E-state index contributed by atoms with van der Waals surface area (Å²) in [7, 11) is 1.42. The molecule has 0 heterocycles. The highest BCUT2D eigenvalue weighted by Gasteiger charge is 2.07. The van der Waals surface area contributed by atoms with Crippen LogP contribution in [0.2, 0.25) is 10.0 Å². The summed E-state index contributed by atoms with van der Waals surface area (Å²) < 4.78 is 18.2. The summed E-state index contributed by atoms with van der Waals surface area (Å²) in [4.78, 5) is 0. The van der Waals surface area contributed by atoms with E-state index in [9.17, 15) is 4.39 Å². The van der Waals surface area contributed by atoms with Crippen LogP contribution in [0.4, 0.5) is 10.1 Å². The monoisotopic (exact) mass is 299 g/mol. The number of hydrogen-bond acceptors (Lipinski definition) is 2. The van der Waals surface area contributed by atoms with Crippen molar-refractivity contribution in [3.63, 3.8) is 0 Å². The first kappa shape index (κ1) is 14.0. The molecule has 0 bridgehead atoms. The first-order valence-electron chi connectivity index (χ1n) is 5.62. The van der Waals surface area contributed by atoms with E-state index in [4.69, 9.17) is 27.9 Å². The maximum absolute atomic E-state index is 13.3. The first-order chi connectivity index (χ1) is 9.11. The van der Waals surface area contributed by atoms with E-state index in [0.29, 0.717) is 16.6 Å². The van der Waals surface area contributed by atoms with Gasteiger partial charge in [-0.2, -0.15) is 0 Å². The third-order valence-electron chi connectivity index (χ3n) is 2.68. The molecular formula is C14H12Cl2FNO. The van der Waals surface area contributed by atoms with Gasteiger partial charge < -0.3 is 10.1 Å². The second-order valence-electron chi connectivity index (χ2n) is 3.90. The topological polar surface area (TPSA) is 21.3 Å². The van der Waals surface area contributed by atoms with Gasteiger partial charge in [-0.3, -0.25) is 0 Å². The van der Waals surface area contributed by atoms with Crippen LogP contribution in [-0.4, -0.2) is 7.11 Å². The first-order valence-corrected chi connectivity index (χ1v) is 6.37. The summed E-state index contributed by atoms with van der Waals surface area (Å²) in [5.74, 6) is -0.209. The third-order valence-corrected chi connectivity index (χ3v) is 3.39. The van der Waals surface area contributed by atoms with Crippen LogP contribution >= 0.6 is 23.2 Å².